The van der Waals surface area contributed by atoms with E-state index in [9.17, 15) is 8.42 Å². The van der Waals surface area contributed by atoms with Gasteiger partial charge in [-0.25, -0.2) is 13.4 Å². The lowest BCUT2D eigenvalue weighted by molar-refractivity contribution is 0.601. The first-order valence-corrected chi connectivity index (χ1v) is 14.2. The number of aromatic nitrogens is 3. The summed E-state index contributed by atoms with van der Waals surface area (Å²) in [6, 6.07) is 18.7. The summed E-state index contributed by atoms with van der Waals surface area (Å²) >= 11 is 1.55. The maximum Gasteiger partial charge on any atom is 0.261 e. The predicted octanol–water partition coefficient (Wildman–Crippen LogP) is 6.06. The number of nitrogens with one attached hydrogen (secondary N) is 2. The first-order chi connectivity index (χ1) is 17.5. The summed E-state index contributed by atoms with van der Waals surface area (Å²) in [7, 11) is -3.79. The Bertz CT molecular complexity index is 1640. The second-order valence-corrected chi connectivity index (χ2v) is 11.6. The molecule has 1 aliphatic rings. The predicted molar refractivity (Wildman–Crippen MR) is 146 cm³/mol. The topological polar surface area (TPSA) is 91.0 Å². The van der Waals surface area contributed by atoms with Crippen LogP contribution in [0.1, 0.15) is 18.5 Å². The Morgan fingerprint density at radius 1 is 1.00 bits per heavy atom. The number of sulfonamides is 1. The zero-order chi connectivity index (χ0) is 24.7. The van der Waals surface area contributed by atoms with E-state index in [2.05, 4.69) is 44.1 Å². The monoisotopic (exact) mass is 515 g/mol. The molecule has 0 atom stereocenters. The van der Waals surface area contributed by atoms with Crippen LogP contribution in [0.2, 0.25) is 0 Å². The standard InChI is InChI=1S/C27H25N5O2S2/c1-18-14-23(31-36(33,34)22-10-3-2-4-11-22)25-24(26(35-27(25)30-18)20-16-28-29-17-20)19-8-7-9-21(15-19)32-12-5-6-13-32/h2-4,7-11,14-17H,5-6,12-13H2,1H3,(H,28,29)(H,30,31). The molecule has 4 heterocycles. The van der Waals surface area contributed by atoms with E-state index in [1.165, 1.54) is 18.5 Å². The van der Waals surface area contributed by atoms with Crippen molar-refractivity contribution in [3.8, 4) is 21.6 Å². The molecule has 0 bridgehead atoms. The highest BCUT2D eigenvalue weighted by molar-refractivity contribution is 7.92. The quantitative estimate of drug-likeness (QED) is 0.287. The maximum atomic E-state index is 13.3. The summed E-state index contributed by atoms with van der Waals surface area (Å²) in [6.45, 7) is 3.97. The number of benzene rings is 2. The van der Waals surface area contributed by atoms with Gasteiger partial charge in [0.15, 0.2) is 0 Å². The third kappa shape index (κ3) is 4.14. The Morgan fingerprint density at radius 2 is 1.81 bits per heavy atom. The smallest absolute Gasteiger partial charge is 0.261 e. The number of pyridine rings is 1. The van der Waals surface area contributed by atoms with E-state index in [0.29, 0.717) is 5.69 Å². The third-order valence-corrected chi connectivity index (χ3v) is 8.97. The Kier molecular flexibility index (Phi) is 5.73. The van der Waals surface area contributed by atoms with E-state index in [1.54, 1.807) is 47.9 Å². The minimum Gasteiger partial charge on any atom is -0.372 e. The van der Waals surface area contributed by atoms with Crippen LogP contribution in [0.15, 0.2) is 78.0 Å². The first kappa shape index (κ1) is 22.8. The summed E-state index contributed by atoms with van der Waals surface area (Å²) in [6.07, 6.45) is 6.04. The SMILES string of the molecule is Cc1cc(NS(=O)(=O)c2ccccc2)c2c(-c3cccc(N4CCCC4)c3)c(-c3cn[nH]c3)sc2n1. The normalized spacial score (nSPS) is 14.0. The molecule has 0 spiro atoms. The molecular formula is C27H25N5O2S2. The molecule has 6 rings (SSSR count). The molecule has 7 nitrogen and oxygen atoms in total. The van der Waals surface area contributed by atoms with Crippen LogP contribution in [0, 0.1) is 6.92 Å². The molecule has 2 N–H and O–H groups in total. The number of aryl methyl sites for hydroxylation is 1. The number of thiophene rings is 1. The lowest BCUT2D eigenvalue weighted by Crippen LogP contribution is -2.17. The molecule has 1 fully saturated rings. The fraction of sp³-hybridized carbons (Fsp3) is 0.185. The van der Waals surface area contributed by atoms with Crippen molar-refractivity contribution in [2.24, 2.45) is 0 Å². The molecule has 9 heteroatoms. The number of anilines is 2. The molecule has 0 amide bonds. The second kappa shape index (κ2) is 9.07. The number of H-pyrrole nitrogens is 1. The van der Waals surface area contributed by atoms with Crippen molar-refractivity contribution in [3.63, 3.8) is 0 Å². The van der Waals surface area contributed by atoms with Gasteiger partial charge in [-0.15, -0.1) is 11.3 Å². The van der Waals surface area contributed by atoms with E-state index in [1.807, 2.05) is 19.2 Å². The molecular weight excluding hydrogens is 490 g/mol. The molecule has 1 saturated heterocycles. The van der Waals surface area contributed by atoms with Gasteiger partial charge in [-0.05, 0) is 55.7 Å². The van der Waals surface area contributed by atoms with Crippen LogP contribution in [-0.2, 0) is 10.0 Å². The minimum atomic E-state index is -3.79. The lowest BCUT2D eigenvalue weighted by Gasteiger charge is -2.19. The molecule has 3 aromatic heterocycles. The van der Waals surface area contributed by atoms with Crippen LogP contribution >= 0.6 is 11.3 Å². The Hall–Kier alpha value is -3.69. The molecule has 0 unspecified atom stereocenters. The van der Waals surface area contributed by atoms with Crippen LogP contribution in [-0.4, -0.2) is 36.7 Å². The number of fused-ring (bicyclic) bond motifs is 1. The Morgan fingerprint density at radius 3 is 2.56 bits per heavy atom. The van der Waals surface area contributed by atoms with E-state index in [-0.39, 0.29) is 4.90 Å². The van der Waals surface area contributed by atoms with Crippen LogP contribution < -0.4 is 9.62 Å². The van der Waals surface area contributed by atoms with Crippen LogP contribution in [0.25, 0.3) is 31.8 Å². The summed E-state index contributed by atoms with van der Waals surface area (Å²) < 4.78 is 29.5. The van der Waals surface area contributed by atoms with Crippen LogP contribution in [0.3, 0.4) is 0 Å². The summed E-state index contributed by atoms with van der Waals surface area (Å²) in [5, 5.41) is 7.87. The number of rotatable bonds is 6. The number of hydrogen-bond acceptors (Lipinski definition) is 6. The molecule has 2 aromatic carbocycles. The lowest BCUT2D eigenvalue weighted by atomic mass is 9.99. The van der Waals surface area contributed by atoms with Crippen molar-refractivity contribution in [1.82, 2.24) is 15.2 Å². The highest BCUT2D eigenvalue weighted by Crippen LogP contribution is 2.47. The Labute approximate surface area is 213 Å². The summed E-state index contributed by atoms with van der Waals surface area (Å²) in [4.78, 5) is 9.19. The number of nitrogens with zero attached hydrogens (tertiary/aromatic N) is 3. The molecule has 0 saturated carbocycles. The van der Waals surface area contributed by atoms with Crippen molar-refractivity contribution in [2.45, 2.75) is 24.7 Å². The number of hydrogen-bond donors (Lipinski definition) is 2. The molecule has 0 radical (unpaired) electrons. The van der Waals surface area contributed by atoms with Crippen molar-refractivity contribution in [3.05, 3.63) is 78.8 Å². The highest BCUT2D eigenvalue weighted by Gasteiger charge is 2.24. The summed E-state index contributed by atoms with van der Waals surface area (Å²) in [5.74, 6) is 0. The molecule has 5 aromatic rings. The van der Waals surface area contributed by atoms with Crippen molar-refractivity contribution in [2.75, 3.05) is 22.7 Å². The van der Waals surface area contributed by atoms with Gasteiger partial charge < -0.3 is 4.90 Å². The van der Waals surface area contributed by atoms with E-state index < -0.39 is 10.0 Å². The Balaban J connectivity index is 1.58. The third-order valence-electron chi connectivity index (χ3n) is 6.45. The van der Waals surface area contributed by atoms with E-state index >= 15 is 0 Å². The first-order valence-electron chi connectivity index (χ1n) is 11.9. The van der Waals surface area contributed by atoms with Gasteiger partial charge in [0.05, 0.1) is 16.8 Å². The number of aromatic amines is 1. The molecule has 1 aliphatic heterocycles. The van der Waals surface area contributed by atoms with Crippen LogP contribution in [0.5, 0.6) is 0 Å². The average Bonchev–Trinajstić information content (AvgIpc) is 3.65. The van der Waals surface area contributed by atoms with Crippen LogP contribution in [0.4, 0.5) is 11.4 Å². The van der Waals surface area contributed by atoms with Gasteiger partial charge in [0.1, 0.15) is 4.83 Å². The molecule has 36 heavy (non-hydrogen) atoms. The zero-order valence-electron chi connectivity index (χ0n) is 19.7. The van der Waals surface area contributed by atoms with Gasteiger partial charge in [-0.1, -0.05) is 30.3 Å². The fourth-order valence-corrected chi connectivity index (χ4v) is 7.12. The van der Waals surface area contributed by atoms with Crippen molar-refractivity contribution in [1.29, 1.82) is 0 Å². The molecule has 0 aliphatic carbocycles. The van der Waals surface area contributed by atoms with Gasteiger partial charge in [0.25, 0.3) is 10.0 Å². The minimum absolute atomic E-state index is 0.218. The van der Waals surface area contributed by atoms with Gasteiger partial charge >= 0.3 is 0 Å². The zero-order valence-corrected chi connectivity index (χ0v) is 21.4. The average molecular weight is 516 g/mol. The van der Waals surface area contributed by atoms with E-state index in [0.717, 1.165) is 50.6 Å². The van der Waals surface area contributed by atoms with Gasteiger partial charge in [-0.2, -0.15) is 5.10 Å². The largest absolute Gasteiger partial charge is 0.372 e. The maximum absolute atomic E-state index is 13.3. The van der Waals surface area contributed by atoms with Gasteiger partial charge in [0, 0.05) is 52.1 Å². The second-order valence-electron chi connectivity index (χ2n) is 8.95. The van der Waals surface area contributed by atoms with E-state index in [4.69, 9.17) is 4.98 Å². The van der Waals surface area contributed by atoms with Gasteiger partial charge in [-0.3, -0.25) is 9.82 Å². The van der Waals surface area contributed by atoms with Crippen molar-refractivity contribution >= 4 is 43.0 Å². The summed E-state index contributed by atoms with van der Waals surface area (Å²) in [5.41, 5.74) is 5.35. The highest BCUT2D eigenvalue weighted by atomic mass is 32.2. The fourth-order valence-electron chi connectivity index (χ4n) is 4.79. The van der Waals surface area contributed by atoms with Gasteiger partial charge in [0.2, 0.25) is 0 Å². The van der Waals surface area contributed by atoms with Crippen molar-refractivity contribution < 1.29 is 8.42 Å². The molecule has 182 valence electrons.